The summed E-state index contributed by atoms with van der Waals surface area (Å²) in [5, 5.41) is 8.32. The van der Waals surface area contributed by atoms with E-state index >= 15 is 0 Å². The van der Waals surface area contributed by atoms with Crippen LogP contribution in [-0.4, -0.2) is 14.8 Å². The lowest BCUT2D eigenvalue weighted by Crippen LogP contribution is -2.12. The number of allylic oxidation sites excluding steroid dienone is 2. The van der Waals surface area contributed by atoms with Crippen molar-refractivity contribution in [1.82, 2.24) is 20.1 Å². The van der Waals surface area contributed by atoms with E-state index in [2.05, 4.69) is 58.7 Å². The zero-order chi connectivity index (χ0) is 22.1. The molecule has 1 aliphatic rings. The van der Waals surface area contributed by atoms with Crippen molar-refractivity contribution in [3.05, 3.63) is 111 Å². The van der Waals surface area contributed by atoms with Gasteiger partial charge in [0, 0.05) is 53.8 Å². The van der Waals surface area contributed by atoms with Crippen LogP contribution in [0.25, 0.3) is 28.1 Å². The van der Waals surface area contributed by atoms with Crippen molar-refractivity contribution in [2.75, 3.05) is 0 Å². The largest absolute Gasteiger partial charge is 0.381 e. The predicted octanol–water partition coefficient (Wildman–Crippen LogP) is 4.55. The van der Waals surface area contributed by atoms with Gasteiger partial charge in [-0.15, -0.1) is 0 Å². The Hall–Kier alpha value is -3.99. The second-order valence-electron chi connectivity index (χ2n) is 8.21. The van der Waals surface area contributed by atoms with E-state index in [1.54, 1.807) is 17.1 Å². The monoisotopic (exact) mass is 420 g/mol. The van der Waals surface area contributed by atoms with Crippen molar-refractivity contribution < 1.29 is 0 Å². The van der Waals surface area contributed by atoms with Gasteiger partial charge in [0.1, 0.15) is 0 Å². The topological polar surface area (TPSA) is 59.8 Å². The molecule has 0 atom stereocenters. The standard InChI is InChI=1S/C27H24N4O/c1-18-6-8-19(9-7-18)14-28-23-5-3-4-20-10-11-26-25(27(32)24(20)13-23)12-21(15-29-26)22-16-30-31(2)17-22/h3,5-13,15-17,28H,4,14H2,1-2H3. The molecule has 5 nitrogen and oxygen atoms in total. The summed E-state index contributed by atoms with van der Waals surface area (Å²) in [5.74, 6) is 0. The molecule has 4 aromatic rings. The average Bonchev–Trinajstić information content (AvgIpc) is 3.07. The zero-order valence-electron chi connectivity index (χ0n) is 18.2. The maximum atomic E-state index is 13.6. The molecule has 0 aliphatic heterocycles. The van der Waals surface area contributed by atoms with Crippen LogP contribution < -0.4 is 10.7 Å². The normalized spacial score (nSPS) is 12.9. The van der Waals surface area contributed by atoms with Crippen LogP contribution in [0.4, 0.5) is 0 Å². The van der Waals surface area contributed by atoms with Gasteiger partial charge in [0.25, 0.3) is 0 Å². The van der Waals surface area contributed by atoms with Gasteiger partial charge in [-0.1, -0.05) is 42.0 Å². The molecule has 2 aromatic carbocycles. The highest BCUT2D eigenvalue weighted by molar-refractivity contribution is 5.85. The number of rotatable bonds is 4. The predicted molar refractivity (Wildman–Crippen MR) is 129 cm³/mol. The van der Waals surface area contributed by atoms with Crippen molar-refractivity contribution in [2.24, 2.45) is 7.05 Å². The van der Waals surface area contributed by atoms with E-state index in [1.165, 1.54) is 11.1 Å². The molecule has 2 heterocycles. The third kappa shape index (κ3) is 3.97. The SMILES string of the molecule is Cc1ccc(CNC2=Cc3c(ccc4ncc(-c5cnn(C)c5)cc4c3=O)CC=C2)cc1. The van der Waals surface area contributed by atoms with Crippen molar-refractivity contribution in [3.8, 4) is 11.1 Å². The Morgan fingerprint density at radius 2 is 1.91 bits per heavy atom. The maximum Gasteiger partial charge on any atom is 0.195 e. The Labute approximate surface area is 186 Å². The van der Waals surface area contributed by atoms with Crippen LogP contribution in [0, 0.1) is 6.92 Å². The van der Waals surface area contributed by atoms with E-state index in [4.69, 9.17) is 0 Å². The molecule has 0 spiro atoms. The molecule has 0 bridgehead atoms. The second-order valence-corrected chi connectivity index (χ2v) is 8.21. The molecule has 5 rings (SSSR count). The van der Waals surface area contributed by atoms with Crippen LogP contribution in [-0.2, 0) is 20.0 Å². The van der Waals surface area contributed by atoms with Gasteiger partial charge in [0.15, 0.2) is 5.43 Å². The lowest BCUT2D eigenvalue weighted by Gasteiger charge is -2.07. The highest BCUT2D eigenvalue weighted by atomic mass is 16.1. The smallest absolute Gasteiger partial charge is 0.195 e. The Morgan fingerprint density at radius 3 is 2.69 bits per heavy atom. The molecule has 0 radical (unpaired) electrons. The summed E-state index contributed by atoms with van der Waals surface area (Å²) in [4.78, 5) is 18.2. The maximum absolute atomic E-state index is 13.6. The van der Waals surface area contributed by atoms with Gasteiger partial charge in [-0.05, 0) is 48.8 Å². The van der Waals surface area contributed by atoms with E-state index in [1.807, 2.05) is 37.5 Å². The van der Waals surface area contributed by atoms with Crippen molar-refractivity contribution in [1.29, 1.82) is 0 Å². The minimum Gasteiger partial charge on any atom is -0.381 e. The van der Waals surface area contributed by atoms with E-state index in [-0.39, 0.29) is 5.43 Å². The van der Waals surface area contributed by atoms with Gasteiger partial charge in [-0.3, -0.25) is 14.5 Å². The Kier molecular flexibility index (Phi) is 5.15. The van der Waals surface area contributed by atoms with E-state index in [0.717, 1.165) is 22.4 Å². The van der Waals surface area contributed by atoms with Crippen LogP contribution in [0.3, 0.4) is 0 Å². The van der Waals surface area contributed by atoms with Gasteiger partial charge in [0.05, 0.1) is 11.7 Å². The van der Waals surface area contributed by atoms with Gasteiger partial charge >= 0.3 is 0 Å². The molecule has 1 aliphatic carbocycles. The molecular weight excluding hydrogens is 396 g/mol. The first kappa shape index (κ1) is 19.9. The first-order valence-electron chi connectivity index (χ1n) is 10.7. The molecule has 2 aromatic heterocycles. The zero-order valence-corrected chi connectivity index (χ0v) is 18.2. The molecule has 0 saturated heterocycles. The molecule has 0 unspecified atom stereocenters. The van der Waals surface area contributed by atoms with Crippen LogP contribution >= 0.6 is 0 Å². The Morgan fingerprint density at radius 1 is 1.06 bits per heavy atom. The molecule has 0 saturated carbocycles. The number of hydrogen-bond acceptors (Lipinski definition) is 4. The van der Waals surface area contributed by atoms with Crippen molar-refractivity contribution >= 4 is 17.0 Å². The van der Waals surface area contributed by atoms with E-state index in [0.29, 0.717) is 29.4 Å². The molecule has 0 amide bonds. The van der Waals surface area contributed by atoms with Gasteiger partial charge in [0.2, 0.25) is 0 Å². The number of aromatic nitrogens is 3. The molecule has 32 heavy (non-hydrogen) atoms. The second kappa shape index (κ2) is 8.27. The van der Waals surface area contributed by atoms with Gasteiger partial charge in [-0.2, -0.15) is 5.10 Å². The first-order valence-corrected chi connectivity index (χ1v) is 10.7. The van der Waals surface area contributed by atoms with Gasteiger partial charge < -0.3 is 5.32 Å². The summed E-state index contributed by atoms with van der Waals surface area (Å²) in [6.07, 6.45) is 12.3. The van der Waals surface area contributed by atoms with Crippen LogP contribution in [0.2, 0.25) is 0 Å². The number of hydrogen-bond donors (Lipinski definition) is 1. The summed E-state index contributed by atoms with van der Waals surface area (Å²) in [6, 6.07) is 14.3. The fourth-order valence-electron chi connectivity index (χ4n) is 3.95. The Bertz CT molecular complexity index is 1430. The summed E-state index contributed by atoms with van der Waals surface area (Å²) in [7, 11) is 1.87. The number of benzene rings is 1. The molecule has 0 fully saturated rings. The highest BCUT2D eigenvalue weighted by Crippen LogP contribution is 2.23. The summed E-state index contributed by atoms with van der Waals surface area (Å²) < 4.78 is 1.75. The highest BCUT2D eigenvalue weighted by Gasteiger charge is 2.12. The van der Waals surface area contributed by atoms with Gasteiger partial charge in [-0.25, -0.2) is 0 Å². The van der Waals surface area contributed by atoms with Crippen LogP contribution in [0.1, 0.15) is 22.3 Å². The quantitative estimate of drug-likeness (QED) is 0.526. The number of fused-ring (bicyclic) bond motifs is 2. The number of nitrogens with zero attached hydrogens (tertiary/aromatic N) is 3. The summed E-state index contributed by atoms with van der Waals surface area (Å²) >= 11 is 0. The molecule has 1 N–H and O–H groups in total. The van der Waals surface area contributed by atoms with E-state index < -0.39 is 0 Å². The summed E-state index contributed by atoms with van der Waals surface area (Å²) in [5.41, 5.74) is 7.60. The molecule has 5 heteroatoms. The third-order valence-electron chi connectivity index (χ3n) is 5.79. The fourth-order valence-corrected chi connectivity index (χ4v) is 3.95. The lowest BCUT2D eigenvalue weighted by molar-refractivity contribution is 0.768. The molecule has 158 valence electrons. The number of aryl methyl sites for hydroxylation is 2. The van der Waals surface area contributed by atoms with Crippen LogP contribution in [0.15, 0.2) is 83.7 Å². The minimum absolute atomic E-state index is 0.00317. The fraction of sp³-hybridized carbons (Fsp3) is 0.148. The molecular formula is C27H24N4O. The van der Waals surface area contributed by atoms with E-state index in [9.17, 15) is 4.79 Å². The first-order chi connectivity index (χ1) is 15.6. The average molecular weight is 421 g/mol. The summed E-state index contributed by atoms with van der Waals surface area (Å²) in [6.45, 7) is 2.78. The van der Waals surface area contributed by atoms with Crippen molar-refractivity contribution in [2.45, 2.75) is 19.9 Å². The minimum atomic E-state index is -0.00317. The number of nitrogens with one attached hydrogen (secondary N) is 1. The lowest BCUT2D eigenvalue weighted by atomic mass is 10.1. The van der Waals surface area contributed by atoms with Crippen molar-refractivity contribution in [3.63, 3.8) is 0 Å². The third-order valence-corrected chi connectivity index (χ3v) is 5.79. The number of pyridine rings is 1. The van der Waals surface area contributed by atoms with Crippen LogP contribution in [0.5, 0.6) is 0 Å². The Balaban J connectivity index is 1.56.